The van der Waals surface area contributed by atoms with Crippen molar-refractivity contribution in [2.24, 2.45) is 0 Å². The van der Waals surface area contributed by atoms with Crippen LogP contribution in [0.5, 0.6) is 0 Å². The Hall–Kier alpha value is -2.08. The molecule has 1 aliphatic rings. The molecule has 2 aromatic rings. The number of thioether (sulfide) groups is 1. The van der Waals surface area contributed by atoms with E-state index in [1.165, 1.54) is 28.7 Å². The highest BCUT2D eigenvalue weighted by Crippen LogP contribution is 2.21. The van der Waals surface area contributed by atoms with E-state index in [1.54, 1.807) is 6.92 Å². The number of halogens is 2. The fourth-order valence-electron chi connectivity index (χ4n) is 2.89. The lowest BCUT2D eigenvalue weighted by Gasteiger charge is -2.25. The number of rotatable bonds is 7. The molecule has 0 radical (unpaired) electrons. The van der Waals surface area contributed by atoms with Crippen LogP contribution in [0.2, 0.25) is 0 Å². The molecule has 162 valence electrons. The van der Waals surface area contributed by atoms with Crippen molar-refractivity contribution < 1.29 is 26.7 Å². The number of aromatic nitrogens is 1. The highest BCUT2D eigenvalue weighted by molar-refractivity contribution is 7.99. The van der Waals surface area contributed by atoms with Gasteiger partial charge in [0, 0.05) is 30.9 Å². The molecule has 7 nitrogen and oxygen atoms in total. The van der Waals surface area contributed by atoms with Crippen LogP contribution in [0.3, 0.4) is 0 Å². The highest BCUT2D eigenvalue weighted by atomic mass is 32.2. The van der Waals surface area contributed by atoms with Crippen molar-refractivity contribution in [2.75, 3.05) is 32.1 Å². The first-order chi connectivity index (χ1) is 14.3. The van der Waals surface area contributed by atoms with Crippen molar-refractivity contribution in [3.8, 4) is 0 Å². The summed E-state index contributed by atoms with van der Waals surface area (Å²) in [5, 5.41) is 3.12. The van der Waals surface area contributed by atoms with Crippen molar-refractivity contribution in [1.82, 2.24) is 14.6 Å². The SMILES string of the molecule is CC(NC(=O)CSc1ccc(S(=O)(=O)N2CCOCC2)cn1)c1ccc(F)cc1F. The topological polar surface area (TPSA) is 88.6 Å². The van der Waals surface area contributed by atoms with E-state index >= 15 is 0 Å². The Balaban J connectivity index is 1.55. The fourth-order valence-corrected chi connectivity index (χ4v) is 4.90. The van der Waals surface area contributed by atoms with Crippen LogP contribution in [0.15, 0.2) is 46.5 Å². The Labute approximate surface area is 177 Å². The number of carbonyl (C=O) groups is 1. The summed E-state index contributed by atoms with van der Waals surface area (Å²) < 4.78 is 58.5. The molecule has 1 aromatic heterocycles. The quantitative estimate of drug-likeness (QED) is 0.642. The summed E-state index contributed by atoms with van der Waals surface area (Å²) in [6.45, 7) is 2.91. The molecule has 2 heterocycles. The zero-order chi connectivity index (χ0) is 21.7. The van der Waals surface area contributed by atoms with Gasteiger partial charge in [-0.2, -0.15) is 4.31 Å². The Kier molecular flexibility index (Phi) is 7.40. The molecule has 1 amide bonds. The Morgan fingerprint density at radius 3 is 2.63 bits per heavy atom. The molecule has 0 aliphatic carbocycles. The molecule has 0 saturated carbocycles. The van der Waals surface area contributed by atoms with E-state index in [9.17, 15) is 22.0 Å². The number of hydrogen-bond donors (Lipinski definition) is 1. The summed E-state index contributed by atoms with van der Waals surface area (Å²) in [7, 11) is -3.62. The summed E-state index contributed by atoms with van der Waals surface area (Å²) >= 11 is 1.12. The maximum Gasteiger partial charge on any atom is 0.244 e. The Bertz CT molecular complexity index is 997. The molecule has 30 heavy (non-hydrogen) atoms. The van der Waals surface area contributed by atoms with Gasteiger partial charge in [0.1, 0.15) is 16.5 Å². The number of ether oxygens (including phenoxy) is 1. The van der Waals surface area contributed by atoms with Gasteiger partial charge in [-0.3, -0.25) is 4.79 Å². The first kappa shape index (κ1) is 22.6. The van der Waals surface area contributed by atoms with Crippen LogP contribution < -0.4 is 5.32 Å². The molecule has 11 heteroatoms. The van der Waals surface area contributed by atoms with Crippen LogP contribution in [0.4, 0.5) is 8.78 Å². The van der Waals surface area contributed by atoms with Crippen LogP contribution in [0, 0.1) is 11.6 Å². The summed E-state index contributed by atoms with van der Waals surface area (Å²) in [5.74, 6) is -1.76. The second kappa shape index (κ2) is 9.82. The minimum Gasteiger partial charge on any atom is -0.379 e. The lowest BCUT2D eigenvalue weighted by molar-refractivity contribution is -0.119. The van der Waals surface area contributed by atoms with Crippen LogP contribution in [-0.4, -0.2) is 55.7 Å². The fraction of sp³-hybridized carbons (Fsp3) is 0.368. The monoisotopic (exact) mass is 457 g/mol. The number of hydrogen-bond acceptors (Lipinski definition) is 6. The van der Waals surface area contributed by atoms with E-state index in [-0.39, 0.29) is 22.1 Å². The van der Waals surface area contributed by atoms with E-state index in [1.807, 2.05) is 0 Å². The average Bonchev–Trinajstić information content (AvgIpc) is 2.73. The van der Waals surface area contributed by atoms with Gasteiger partial charge in [-0.1, -0.05) is 17.8 Å². The number of benzene rings is 1. The number of amides is 1. The number of carbonyl (C=O) groups excluding carboxylic acids is 1. The standard InChI is InChI=1S/C19H21F2N3O4S2/c1-13(16-4-2-14(20)10-17(16)21)23-18(25)12-29-19-5-3-15(11-22-19)30(26,27)24-6-8-28-9-7-24/h2-5,10-11,13H,6-9,12H2,1H3,(H,23,25). The van der Waals surface area contributed by atoms with Crippen LogP contribution in [0.25, 0.3) is 0 Å². The second-order valence-electron chi connectivity index (χ2n) is 6.59. The van der Waals surface area contributed by atoms with Crippen molar-refractivity contribution in [3.63, 3.8) is 0 Å². The molecule has 0 spiro atoms. The third-order valence-electron chi connectivity index (χ3n) is 4.47. The van der Waals surface area contributed by atoms with E-state index in [4.69, 9.17) is 4.74 Å². The Morgan fingerprint density at radius 2 is 2.00 bits per heavy atom. The minimum absolute atomic E-state index is 0.00964. The van der Waals surface area contributed by atoms with Gasteiger partial charge in [0.25, 0.3) is 0 Å². The molecule has 3 rings (SSSR count). The molecule has 1 aromatic carbocycles. The smallest absolute Gasteiger partial charge is 0.244 e. The third-order valence-corrected chi connectivity index (χ3v) is 7.30. The van der Waals surface area contributed by atoms with Gasteiger partial charge >= 0.3 is 0 Å². The van der Waals surface area contributed by atoms with Crippen molar-refractivity contribution >= 4 is 27.7 Å². The van der Waals surface area contributed by atoms with Gasteiger partial charge in [-0.15, -0.1) is 0 Å². The van der Waals surface area contributed by atoms with Gasteiger partial charge in [0.05, 0.1) is 30.0 Å². The lowest BCUT2D eigenvalue weighted by Crippen LogP contribution is -2.40. The van der Waals surface area contributed by atoms with E-state index in [0.29, 0.717) is 31.3 Å². The summed E-state index contributed by atoms with van der Waals surface area (Å²) in [5.41, 5.74) is 0.186. The van der Waals surface area contributed by atoms with E-state index in [2.05, 4.69) is 10.3 Å². The molecule has 1 atom stereocenters. The maximum absolute atomic E-state index is 13.8. The zero-order valence-corrected chi connectivity index (χ0v) is 17.8. The molecule has 0 bridgehead atoms. The van der Waals surface area contributed by atoms with Crippen molar-refractivity contribution in [1.29, 1.82) is 0 Å². The zero-order valence-electron chi connectivity index (χ0n) is 16.2. The van der Waals surface area contributed by atoms with Crippen LogP contribution in [-0.2, 0) is 19.6 Å². The average molecular weight is 458 g/mol. The molecule has 1 fully saturated rings. The number of nitrogens with zero attached hydrogens (tertiary/aromatic N) is 2. The lowest BCUT2D eigenvalue weighted by atomic mass is 10.1. The maximum atomic E-state index is 13.8. The van der Waals surface area contributed by atoms with Gasteiger partial charge in [-0.25, -0.2) is 22.2 Å². The van der Waals surface area contributed by atoms with E-state index < -0.39 is 27.7 Å². The van der Waals surface area contributed by atoms with Gasteiger partial charge < -0.3 is 10.1 Å². The minimum atomic E-state index is -3.62. The molecule has 1 saturated heterocycles. The van der Waals surface area contributed by atoms with Crippen molar-refractivity contribution in [2.45, 2.75) is 22.9 Å². The van der Waals surface area contributed by atoms with Crippen molar-refractivity contribution in [3.05, 3.63) is 53.7 Å². The van der Waals surface area contributed by atoms with Gasteiger partial charge in [0.2, 0.25) is 15.9 Å². The number of sulfonamides is 1. The molecule has 1 N–H and O–H groups in total. The Morgan fingerprint density at radius 1 is 1.27 bits per heavy atom. The molecular formula is C19H21F2N3O4S2. The number of morpholine rings is 1. The number of pyridine rings is 1. The predicted octanol–water partition coefficient (Wildman–Crippen LogP) is 2.35. The van der Waals surface area contributed by atoms with Gasteiger partial charge in [-0.05, 0) is 25.1 Å². The summed E-state index contributed by atoms with van der Waals surface area (Å²) in [4.78, 5) is 16.3. The molecule has 1 unspecified atom stereocenters. The first-order valence-electron chi connectivity index (χ1n) is 9.18. The molecule has 1 aliphatic heterocycles. The molecular weight excluding hydrogens is 436 g/mol. The van der Waals surface area contributed by atoms with Crippen LogP contribution >= 0.6 is 11.8 Å². The van der Waals surface area contributed by atoms with E-state index in [0.717, 1.165) is 23.9 Å². The largest absolute Gasteiger partial charge is 0.379 e. The predicted molar refractivity (Wildman–Crippen MR) is 107 cm³/mol. The number of nitrogens with one attached hydrogen (secondary N) is 1. The summed E-state index contributed by atoms with van der Waals surface area (Å²) in [6, 6.07) is 5.55. The highest BCUT2D eigenvalue weighted by Gasteiger charge is 2.26. The second-order valence-corrected chi connectivity index (χ2v) is 9.53. The summed E-state index contributed by atoms with van der Waals surface area (Å²) in [6.07, 6.45) is 1.27. The third kappa shape index (κ3) is 5.54. The van der Waals surface area contributed by atoms with Gasteiger partial charge in [0.15, 0.2) is 0 Å². The first-order valence-corrected chi connectivity index (χ1v) is 11.6. The normalized spacial score (nSPS) is 16.2. The van der Waals surface area contributed by atoms with Crippen LogP contribution in [0.1, 0.15) is 18.5 Å².